The summed E-state index contributed by atoms with van der Waals surface area (Å²) in [5.41, 5.74) is 0.0912. The zero-order chi connectivity index (χ0) is 16.9. The molecule has 1 aromatic rings. The van der Waals surface area contributed by atoms with Crippen molar-refractivity contribution in [3.8, 4) is 0 Å². The van der Waals surface area contributed by atoms with Gasteiger partial charge in [-0.05, 0) is 38.0 Å². The van der Waals surface area contributed by atoms with Crippen LogP contribution in [0.15, 0.2) is 29.2 Å². The number of halogens is 2. The molecule has 2 unspecified atom stereocenters. The molecule has 0 aromatic heterocycles. The smallest absolute Gasteiger partial charge is 0.231 e. The maximum absolute atomic E-state index is 12.5. The number of alkyl halides is 2. The van der Waals surface area contributed by atoms with Crippen molar-refractivity contribution in [1.82, 2.24) is 4.90 Å². The Hall–Kier alpha value is -0.780. The van der Waals surface area contributed by atoms with Gasteiger partial charge in [-0.15, -0.1) is 23.2 Å². The molecule has 2 atom stereocenters. The molecule has 0 heterocycles. The third-order valence-corrected chi connectivity index (χ3v) is 6.65. The molecule has 1 aromatic carbocycles. The summed E-state index contributed by atoms with van der Waals surface area (Å²) in [5, 5.41) is 0. The largest absolute Gasteiger partial charge is 0.338 e. The molecular formula is C15H19Cl2NO3S. The van der Waals surface area contributed by atoms with Crippen LogP contribution in [0.4, 0.5) is 0 Å². The van der Waals surface area contributed by atoms with Crippen molar-refractivity contribution in [1.29, 1.82) is 0 Å². The van der Waals surface area contributed by atoms with Crippen molar-refractivity contribution in [2.45, 2.75) is 35.5 Å². The van der Waals surface area contributed by atoms with E-state index in [4.69, 9.17) is 23.2 Å². The molecule has 0 N–H and O–H groups in total. The van der Waals surface area contributed by atoms with Crippen LogP contribution in [0.2, 0.25) is 0 Å². The summed E-state index contributed by atoms with van der Waals surface area (Å²) >= 11 is 12.1. The second kappa shape index (κ2) is 5.39. The van der Waals surface area contributed by atoms with Crippen LogP contribution in [0.3, 0.4) is 0 Å². The second-order valence-electron chi connectivity index (χ2n) is 6.15. The molecule has 0 radical (unpaired) electrons. The van der Waals surface area contributed by atoms with E-state index in [1.807, 2.05) is 6.92 Å². The number of rotatable bonds is 4. The van der Waals surface area contributed by atoms with Gasteiger partial charge in [0, 0.05) is 13.3 Å². The summed E-state index contributed by atoms with van der Waals surface area (Å²) in [6, 6.07) is 6.32. The lowest BCUT2D eigenvalue weighted by Crippen LogP contribution is -2.37. The number of carbonyl (C=O) groups is 1. The van der Waals surface area contributed by atoms with Crippen LogP contribution in [-0.2, 0) is 14.6 Å². The predicted octanol–water partition coefficient (Wildman–Crippen LogP) is 3.19. The quantitative estimate of drug-likeness (QED) is 0.771. The lowest BCUT2D eigenvalue weighted by Gasteiger charge is -2.28. The van der Waals surface area contributed by atoms with Gasteiger partial charge in [-0.1, -0.05) is 12.1 Å². The highest BCUT2D eigenvalue weighted by molar-refractivity contribution is 7.90. The highest BCUT2D eigenvalue weighted by atomic mass is 35.5. The molecule has 2 rings (SSSR count). The molecule has 4 nitrogen and oxygen atoms in total. The maximum Gasteiger partial charge on any atom is 0.231 e. The van der Waals surface area contributed by atoms with Crippen LogP contribution in [0.25, 0.3) is 0 Å². The second-order valence-corrected chi connectivity index (χ2v) is 9.65. The Bertz CT molecular complexity index is 700. The summed E-state index contributed by atoms with van der Waals surface area (Å²) in [6.07, 6.45) is 1.60. The van der Waals surface area contributed by atoms with E-state index in [1.54, 1.807) is 43.1 Å². The van der Waals surface area contributed by atoms with Gasteiger partial charge in [-0.3, -0.25) is 4.79 Å². The van der Waals surface area contributed by atoms with E-state index >= 15 is 0 Å². The highest BCUT2D eigenvalue weighted by Crippen LogP contribution is 2.64. The molecule has 22 heavy (non-hydrogen) atoms. The lowest BCUT2D eigenvalue weighted by atomic mass is 10.0. The van der Waals surface area contributed by atoms with Gasteiger partial charge in [0.15, 0.2) is 9.84 Å². The molecule has 0 aliphatic heterocycles. The van der Waals surface area contributed by atoms with E-state index in [-0.39, 0.29) is 16.8 Å². The van der Waals surface area contributed by atoms with Crippen LogP contribution in [-0.4, -0.2) is 36.9 Å². The van der Waals surface area contributed by atoms with Gasteiger partial charge in [0.2, 0.25) is 5.91 Å². The number of nitrogens with zero attached hydrogens (tertiary/aromatic N) is 1. The van der Waals surface area contributed by atoms with Gasteiger partial charge in [0.05, 0.1) is 16.4 Å². The number of hydrogen-bond acceptors (Lipinski definition) is 3. The molecule has 0 bridgehead atoms. The third-order valence-electron chi connectivity index (χ3n) is 4.42. The summed E-state index contributed by atoms with van der Waals surface area (Å²) in [7, 11) is -1.53. The molecule has 1 aliphatic rings. The fraction of sp³-hybridized carbons (Fsp3) is 0.533. The maximum atomic E-state index is 12.5. The van der Waals surface area contributed by atoms with Crippen molar-refractivity contribution in [2.75, 3.05) is 13.3 Å². The molecule has 0 spiro atoms. The van der Waals surface area contributed by atoms with Gasteiger partial charge in [-0.25, -0.2) is 8.42 Å². The minimum Gasteiger partial charge on any atom is -0.338 e. The zero-order valence-corrected chi connectivity index (χ0v) is 15.3. The average Bonchev–Trinajstić information content (AvgIpc) is 2.95. The zero-order valence-electron chi connectivity index (χ0n) is 12.9. The van der Waals surface area contributed by atoms with Gasteiger partial charge in [0.1, 0.15) is 4.33 Å². The van der Waals surface area contributed by atoms with Gasteiger partial charge in [-0.2, -0.15) is 0 Å². The Balaban J connectivity index is 2.18. The van der Waals surface area contributed by atoms with Crippen molar-refractivity contribution in [3.05, 3.63) is 29.8 Å². The van der Waals surface area contributed by atoms with Crippen LogP contribution in [0.5, 0.6) is 0 Å². The van der Waals surface area contributed by atoms with E-state index in [0.29, 0.717) is 6.42 Å². The van der Waals surface area contributed by atoms with Gasteiger partial charge in [0.25, 0.3) is 0 Å². The summed E-state index contributed by atoms with van der Waals surface area (Å²) in [4.78, 5) is 14.4. The normalized spacial score (nSPS) is 24.6. The number of sulfone groups is 1. The number of carbonyl (C=O) groups excluding carboxylic acids is 1. The summed E-state index contributed by atoms with van der Waals surface area (Å²) < 4.78 is 21.9. The number of amides is 1. The fourth-order valence-electron chi connectivity index (χ4n) is 2.41. The Labute approximate surface area is 141 Å². The van der Waals surface area contributed by atoms with E-state index in [2.05, 4.69) is 0 Å². The van der Waals surface area contributed by atoms with E-state index in [0.717, 1.165) is 11.8 Å². The molecule has 0 saturated heterocycles. The predicted molar refractivity (Wildman–Crippen MR) is 87.9 cm³/mol. The van der Waals surface area contributed by atoms with Gasteiger partial charge < -0.3 is 4.90 Å². The standard InChI is InChI=1S/C15H19Cl2NO3S/c1-10(11-5-7-12(8-6-11)22(4,20)21)18(3)13(19)14(2)9-15(14,16)17/h5-8,10H,9H2,1-4H3. The SMILES string of the molecule is CC(c1ccc(S(C)(=O)=O)cc1)N(C)C(=O)C1(C)CC1(Cl)Cl. The number of hydrogen-bond donors (Lipinski definition) is 0. The van der Waals surface area contributed by atoms with E-state index < -0.39 is 19.6 Å². The van der Waals surface area contributed by atoms with Crippen molar-refractivity contribution in [2.24, 2.45) is 5.41 Å². The fourth-order valence-corrected chi connectivity index (χ4v) is 3.74. The monoisotopic (exact) mass is 363 g/mol. The molecule has 122 valence electrons. The highest BCUT2D eigenvalue weighted by Gasteiger charge is 2.68. The van der Waals surface area contributed by atoms with Crippen LogP contribution in [0.1, 0.15) is 31.9 Å². The topological polar surface area (TPSA) is 54.5 Å². The molecule has 1 fully saturated rings. The van der Waals surface area contributed by atoms with Crippen LogP contribution in [0, 0.1) is 5.41 Å². The first-order valence-corrected chi connectivity index (χ1v) is 9.50. The Morgan fingerprint density at radius 1 is 1.27 bits per heavy atom. The minimum atomic E-state index is -3.23. The first-order chi connectivity index (χ1) is 9.90. The first kappa shape index (κ1) is 17.6. The molecule has 1 aliphatic carbocycles. The Morgan fingerprint density at radius 3 is 2.09 bits per heavy atom. The molecule has 1 saturated carbocycles. The van der Waals surface area contributed by atoms with Crippen LogP contribution >= 0.6 is 23.2 Å². The summed E-state index contributed by atoms with van der Waals surface area (Å²) in [5.74, 6) is -0.114. The van der Waals surface area contributed by atoms with Crippen LogP contribution < -0.4 is 0 Å². The lowest BCUT2D eigenvalue weighted by molar-refractivity contribution is -0.137. The third kappa shape index (κ3) is 2.99. The van der Waals surface area contributed by atoms with Crippen molar-refractivity contribution in [3.63, 3.8) is 0 Å². The Kier molecular flexibility index (Phi) is 4.31. The summed E-state index contributed by atoms with van der Waals surface area (Å²) in [6.45, 7) is 3.63. The van der Waals surface area contributed by atoms with E-state index in [1.165, 1.54) is 0 Å². The van der Waals surface area contributed by atoms with E-state index in [9.17, 15) is 13.2 Å². The van der Waals surface area contributed by atoms with Crippen molar-refractivity contribution >= 4 is 38.9 Å². The first-order valence-electron chi connectivity index (χ1n) is 6.85. The van der Waals surface area contributed by atoms with Gasteiger partial charge >= 0.3 is 0 Å². The molecular weight excluding hydrogens is 345 g/mol. The minimum absolute atomic E-state index is 0.114. The average molecular weight is 364 g/mol. The van der Waals surface area contributed by atoms with Crippen molar-refractivity contribution < 1.29 is 13.2 Å². The molecule has 1 amide bonds. The Morgan fingerprint density at radius 2 is 1.73 bits per heavy atom. The molecule has 7 heteroatoms. The number of benzene rings is 1.